The van der Waals surface area contributed by atoms with E-state index in [0.717, 1.165) is 5.69 Å². The van der Waals surface area contributed by atoms with Gasteiger partial charge in [-0.15, -0.1) is 0 Å². The third-order valence-electron chi connectivity index (χ3n) is 4.81. The van der Waals surface area contributed by atoms with Gasteiger partial charge >= 0.3 is 5.97 Å². The first-order valence-electron chi connectivity index (χ1n) is 10.2. The smallest absolute Gasteiger partial charge is 0.343 e. The molecule has 0 saturated carbocycles. The van der Waals surface area contributed by atoms with Gasteiger partial charge in [-0.3, -0.25) is 4.79 Å². The Morgan fingerprint density at radius 1 is 0.879 bits per heavy atom. The van der Waals surface area contributed by atoms with E-state index in [2.05, 4.69) is 10.5 Å². The number of hydrazone groups is 1. The Bertz CT molecular complexity index is 1280. The lowest BCUT2D eigenvalue weighted by molar-refractivity contribution is 0.0734. The predicted octanol–water partition coefficient (Wildman–Crippen LogP) is 4.47. The normalized spacial score (nSPS) is 10.7. The maximum atomic E-state index is 12.6. The summed E-state index contributed by atoms with van der Waals surface area (Å²) in [6.45, 7) is 0. The van der Waals surface area contributed by atoms with Crippen LogP contribution in [0.5, 0.6) is 11.5 Å². The average molecular weight is 439 g/mol. The van der Waals surface area contributed by atoms with Crippen LogP contribution in [-0.4, -0.2) is 29.8 Å². The van der Waals surface area contributed by atoms with E-state index >= 15 is 0 Å². The Hall–Kier alpha value is -4.65. The van der Waals surface area contributed by atoms with E-state index in [1.807, 2.05) is 41.2 Å². The minimum absolute atomic E-state index is 0.336. The van der Waals surface area contributed by atoms with Crippen molar-refractivity contribution in [2.24, 2.45) is 5.10 Å². The van der Waals surface area contributed by atoms with Crippen molar-refractivity contribution in [1.82, 2.24) is 9.99 Å². The van der Waals surface area contributed by atoms with E-state index in [4.69, 9.17) is 9.47 Å². The zero-order chi connectivity index (χ0) is 23.0. The van der Waals surface area contributed by atoms with Crippen molar-refractivity contribution in [3.63, 3.8) is 0 Å². The fourth-order valence-corrected chi connectivity index (χ4v) is 3.16. The van der Waals surface area contributed by atoms with Gasteiger partial charge in [0, 0.05) is 12.4 Å². The number of methoxy groups -OCH3 is 1. The van der Waals surface area contributed by atoms with Crippen molar-refractivity contribution in [3.05, 3.63) is 114 Å². The van der Waals surface area contributed by atoms with Crippen molar-refractivity contribution in [1.29, 1.82) is 0 Å². The summed E-state index contributed by atoms with van der Waals surface area (Å²) >= 11 is 0. The molecular weight excluding hydrogens is 418 g/mol. The highest BCUT2D eigenvalue weighted by molar-refractivity contribution is 5.98. The first-order chi connectivity index (χ1) is 16.1. The maximum absolute atomic E-state index is 12.6. The van der Waals surface area contributed by atoms with Crippen LogP contribution in [0.25, 0.3) is 5.69 Å². The van der Waals surface area contributed by atoms with Gasteiger partial charge in [0.05, 0.1) is 30.1 Å². The lowest BCUT2D eigenvalue weighted by Gasteiger charge is -2.09. The first-order valence-corrected chi connectivity index (χ1v) is 10.2. The molecule has 0 bridgehead atoms. The number of nitrogens with zero attached hydrogens (tertiary/aromatic N) is 2. The number of esters is 1. The zero-order valence-electron chi connectivity index (χ0n) is 17.8. The van der Waals surface area contributed by atoms with Crippen LogP contribution in [0.1, 0.15) is 26.3 Å². The molecule has 0 fully saturated rings. The van der Waals surface area contributed by atoms with Crippen molar-refractivity contribution < 1.29 is 19.1 Å². The number of ether oxygens (including phenoxy) is 2. The third kappa shape index (κ3) is 5.34. The molecule has 7 heteroatoms. The second-order valence-corrected chi connectivity index (χ2v) is 7.00. The predicted molar refractivity (Wildman–Crippen MR) is 125 cm³/mol. The van der Waals surface area contributed by atoms with E-state index < -0.39 is 5.97 Å². The molecule has 0 aliphatic rings. The summed E-state index contributed by atoms with van der Waals surface area (Å²) < 4.78 is 12.4. The summed E-state index contributed by atoms with van der Waals surface area (Å²) in [4.78, 5) is 25.0. The number of aromatic nitrogens is 1. The van der Waals surface area contributed by atoms with Gasteiger partial charge in [-0.25, -0.2) is 10.2 Å². The van der Waals surface area contributed by atoms with E-state index in [1.165, 1.54) is 6.21 Å². The van der Waals surface area contributed by atoms with Gasteiger partial charge in [-0.1, -0.05) is 24.3 Å². The number of hydrogen-bond donors (Lipinski definition) is 1. The third-order valence-corrected chi connectivity index (χ3v) is 4.81. The van der Waals surface area contributed by atoms with Crippen LogP contribution in [0.2, 0.25) is 0 Å². The van der Waals surface area contributed by atoms with Crippen LogP contribution < -0.4 is 14.9 Å². The van der Waals surface area contributed by atoms with Crippen molar-refractivity contribution >= 4 is 18.1 Å². The Kier molecular flexibility index (Phi) is 6.61. The molecule has 1 aromatic heterocycles. The molecule has 0 aliphatic heterocycles. The second kappa shape index (κ2) is 10.1. The summed E-state index contributed by atoms with van der Waals surface area (Å²) in [5.74, 6) is 0.200. The molecule has 4 rings (SSSR count). The molecule has 4 aromatic rings. The monoisotopic (exact) mass is 439 g/mol. The van der Waals surface area contributed by atoms with Crippen LogP contribution in [0.4, 0.5) is 0 Å². The van der Waals surface area contributed by atoms with Gasteiger partial charge in [0.1, 0.15) is 11.5 Å². The second-order valence-electron chi connectivity index (χ2n) is 7.00. The topological polar surface area (TPSA) is 81.9 Å². The highest BCUT2D eigenvalue weighted by Crippen LogP contribution is 2.17. The number of nitrogens with one attached hydrogen (secondary N) is 1. The SMILES string of the molecule is COc1ccc(C(=O)Oc2cccc(/C=N/NC(=O)c3ccccc3-n3cccc3)c2)cc1. The number of amides is 1. The summed E-state index contributed by atoms with van der Waals surface area (Å²) in [6.07, 6.45) is 5.23. The minimum atomic E-state index is -0.485. The molecule has 164 valence electrons. The lowest BCUT2D eigenvalue weighted by atomic mass is 10.1. The Labute approximate surface area is 190 Å². The molecule has 0 atom stereocenters. The molecular formula is C26H21N3O4. The van der Waals surface area contributed by atoms with Gasteiger partial charge in [0.25, 0.3) is 5.91 Å². The molecule has 1 N–H and O–H groups in total. The van der Waals surface area contributed by atoms with Crippen molar-refractivity contribution in [2.75, 3.05) is 7.11 Å². The van der Waals surface area contributed by atoms with Gasteiger partial charge in [0.2, 0.25) is 0 Å². The van der Waals surface area contributed by atoms with E-state index in [9.17, 15) is 9.59 Å². The van der Waals surface area contributed by atoms with Crippen molar-refractivity contribution in [3.8, 4) is 17.2 Å². The fraction of sp³-hybridized carbons (Fsp3) is 0.0385. The molecule has 0 saturated heterocycles. The average Bonchev–Trinajstić information content (AvgIpc) is 3.39. The highest BCUT2D eigenvalue weighted by atomic mass is 16.5. The Morgan fingerprint density at radius 3 is 2.39 bits per heavy atom. The number of carbonyl (C=O) groups is 2. The molecule has 0 spiro atoms. The maximum Gasteiger partial charge on any atom is 0.343 e. The molecule has 0 radical (unpaired) electrons. The van der Waals surface area contributed by atoms with Crippen LogP contribution >= 0.6 is 0 Å². The van der Waals surface area contributed by atoms with E-state index in [1.54, 1.807) is 67.8 Å². The summed E-state index contributed by atoms with van der Waals surface area (Å²) in [5.41, 5.74) is 4.86. The number of benzene rings is 3. The Morgan fingerprint density at radius 2 is 1.64 bits per heavy atom. The molecule has 0 unspecified atom stereocenters. The molecule has 33 heavy (non-hydrogen) atoms. The quantitative estimate of drug-likeness (QED) is 0.199. The lowest BCUT2D eigenvalue weighted by Crippen LogP contribution is -2.19. The molecule has 1 heterocycles. The van der Waals surface area contributed by atoms with Crippen LogP contribution in [-0.2, 0) is 0 Å². The molecule has 1 amide bonds. The fourth-order valence-electron chi connectivity index (χ4n) is 3.16. The number of rotatable bonds is 7. The standard InChI is InChI=1S/C26H21N3O4/c1-32-21-13-11-20(12-14-21)26(31)33-22-8-6-7-19(17-22)18-27-28-25(30)23-9-2-3-10-24(23)29-15-4-5-16-29/h2-18H,1H3,(H,28,30)/b27-18+. The summed E-state index contributed by atoms with van der Waals surface area (Å²) in [7, 11) is 1.56. The van der Waals surface area contributed by atoms with Crippen LogP contribution in [0.15, 0.2) is 102 Å². The number of hydrogen-bond acceptors (Lipinski definition) is 5. The van der Waals surface area contributed by atoms with Crippen LogP contribution in [0, 0.1) is 0 Å². The van der Waals surface area contributed by atoms with Gasteiger partial charge < -0.3 is 14.0 Å². The zero-order valence-corrected chi connectivity index (χ0v) is 17.8. The summed E-state index contributed by atoms with van der Waals surface area (Å²) in [6, 6.07) is 24.5. The molecule has 7 nitrogen and oxygen atoms in total. The van der Waals surface area contributed by atoms with E-state index in [0.29, 0.717) is 28.2 Å². The molecule has 3 aromatic carbocycles. The minimum Gasteiger partial charge on any atom is -0.497 e. The number of para-hydroxylation sites is 1. The number of carbonyl (C=O) groups excluding carboxylic acids is 2. The first kappa shape index (κ1) is 21.6. The molecule has 0 aliphatic carbocycles. The van der Waals surface area contributed by atoms with Crippen molar-refractivity contribution in [2.45, 2.75) is 0 Å². The van der Waals surface area contributed by atoms with Gasteiger partial charge in [0.15, 0.2) is 0 Å². The highest BCUT2D eigenvalue weighted by Gasteiger charge is 2.11. The van der Waals surface area contributed by atoms with Crippen LogP contribution in [0.3, 0.4) is 0 Å². The van der Waals surface area contributed by atoms with Gasteiger partial charge in [-0.05, 0) is 66.2 Å². The largest absolute Gasteiger partial charge is 0.497 e. The summed E-state index contributed by atoms with van der Waals surface area (Å²) in [5, 5.41) is 4.05. The van der Waals surface area contributed by atoms with E-state index in [-0.39, 0.29) is 5.91 Å². The van der Waals surface area contributed by atoms with Gasteiger partial charge in [-0.2, -0.15) is 5.10 Å². The Balaban J connectivity index is 1.41.